The highest BCUT2D eigenvalue weighted by Gasteiger charge is 2.55. The molecule has 0 aromatic carbocycles. The van der Waals surface area contributed by atoms with Crippen molar-refractivity contribution in [2.75, 3.05) is 13.2 Å². The summed E-state index contributed by atoms with van der Waals surface area (Å²) in [5.74, 6) is 0.583. The van der Waals surface area contributed by atoms with E-state index in [9.17, 15) is 20.1 Å². The number of fused-ring (bicyclic) bond motifs is 2. The highest BCUT2D eigenvalue weighted by molar-refractivity contribution is 5.98. The lowest BCUT2D eigenvalue weighted by atomic mass is 9.47. The fraction of sp³-hybridized carbons (Fsp3) is 0.850. The largest absolute Gasteiger partial charge is 0.396 e. The molecule has 1 saturated carbocycles. The van der Waals surface area contributed by atoms with Crippen LogP contribution in [0.3, 0.4) is 0 Å². The van der Waals surface area contributed by atoms with Gasteiger partial charge in [-0.15, -0.1) is 0 Å². The van der Waals surface area contributed by atoms with E-state index in [2.05, 4.69) is 20.8 Å². The molecule has 4 heteroatoms. The number of ketones is 1. The van der Waals surface area contributed by atoms with E-state index in [-0.39, 0.29) is 29.8 Å². The van der Waals surface area contributed by atoms with Crippen molar-refractivity contribution in [2.45, 2.75) is 71.8 Å². The van der Waals surface area contributed by atoms with Gasteiger partial charge < -0.3 is 15.3 Å². The molecular weight excluding hydrogens is 304 g/mol. The highest BCUT2D eigenvalue weighted by Crippen LogP contribution is 2.62. The number of carbonyl (C=O) groups excluding carboxylic acids is 1. The van der Waals surface area contributed by atoms with E-state index in [1.807, 2.05) is 0 Å². The molecule has 3 N–H and O–H groups in total. The lowest BCUT2D eigenvalue weighted by Gasteiger charge is -2.57. The second kappa shape index (κ2) is 5.93. The SMILES string of the molecule is CC1(C)CCCC2(C)C3=C(CC(CO)(C(O)CO)CC3)C(=O)CC12. The zero-order chi connectivity index (χ0) is 17.8. The van der Waals surface area contributed by atoms with E-state index < -0.39 is 11.5 Å². The zero-order valence-electron chi connectivity index (χ0n) is 15.3. The van der Waals surface area contributed by atoms with Gasteiger partial charge in [0.05, 0.1) is 19.3 Å². The van der Waals surface area contributed by atoms with Crippen LogP contribution in [-0.4, -0.2) is 40.4 Å². The molecule has 4 nitrogen and oxygen atoms in total. The Hall–Kier alpha value is -0.710. The minimum Gasteiger partial charge on any atom is -0.396 e. The number of hydrogen-bond acceptors (Lipinski definition) is 4. The van der Waals surface area contributed by atoms with Gasteiger partial charge in [0.25, 0.3) is 0 Å². The number of aliphatic hydroxyl groups is 3. The Kier molecular flexibility index (Phi) is 4.47. The van der Waals surface area contributed by atoms with E-state index in [0.29, 0.717) is 25.2 Å². The van der Waals surface area contributed by atoms with Crippen LogP contribution in [0, 0.1) is 22.2 Å². The standard InChI is InChI=1S/C20H32O4/c1-18(2)6-4-7-19(3)14-5-8-20(12-22,17(24)11-21)10-13(14)15(23)9-16(18)19/h16-17,21-22,24H,4-12H2,1-3H3. The number of allylic oxidation sites excluding steroid dienone is 2. The van der Waals surface area contributed by atoms with Gasteiger partial charge in [-0.1, -0.05) is 32.8 Å². The lowest BCUT2D eigenvalue weighted by Crippen LogP contribution is -2.51. The van der Waals surface area contributed by atoms with Crippen molar-refractivity contribution in [3.63, 3.8) is 0 Å². The molecule has 136 valence electrons. The van der Waals surface area contributed by atoms with Crippen molar-refractivity contribution < 1.29 is 20.1 Å². The van der Waals surface area contributed by atoms with Crippen molar-refractivity contribution in [3.05, 3.63) is 11.1 Å². The summed E-state index contributed by atoms with van der Waals surface area (Å²) in [6.45, 7) is 6.36. The van der Waals surface area contributed by atoms with Gasteiger partial charge in [-0.3, -0.25) is 4.79 Å². The number of aliphatic hydroxyl groups excluding tert-OH is 3. The summed E-state index contributed by atoms with van der Waals surface area (Å²) in [6.07, 6.45) is 4.89. The van der Waals surface area contributed by atoms with Gasteiger partial charge in [0.1, 0.15) is 0 Å². The minimum atomic E-state index is -0.974. The fourth-order valence-corrected chi connectivity index (χ4v) is 5.98. The quantitative estimate of drug-likeness (QED) is 0.740. The van der Waals surface area contributed by atoms with E-state index in [4.69, 9.17) is 0 Å². The topological polar surface area (TPSA) is 77.8 Å². The molecule has 0 saturated heterocycles. The van der Waals surface area contributed by atoms with Gasteiger partial charge in [0.15, 0.2) is 5.78 Å². The molecule has 3 aliphatic carbocycles. The van der Waals surface area contributed by atoms with Crippen LogP contribution >= 0.6 is 0 Å². The Labute approximate surface area is 145 Å². The molecule has 0 bridgehead atoms. The van der Waals surface area contributed by atoms with Crippen molar-refractivity contribution in [3.8, 4) is 0 Å². The normalized spacial score (nSPS) is 40.1. The first-order valence-corrected chi connectivity index (χ1v) is 9.36. The van der Waals surface area contributed by atoms with Crippen LogP contribution in [0.5, 0.6) is 0 Å². The van der Waals surface area contributed by atoms with Gasteiger partial charge in [-0.2, -0.15) is 0 Å². The van der Waals surface area contributed by atoms with Crippen molar-refractivity contribution >= 4 is 5.78 Å². The summed E-state index contributed by atoms with van der Waals surface area (Å²) in [5, 5.41) is 29.5. The first-order chi connectivity index (χ1) is 11.2. The monoisotopic (exact) mass is 336 g/mol. The Bertz CT molecular complexity index is 564. The van der Waals surface area contributed by atoms with E-state index in [1.54, 1.807) is 0 Å². The third-order valence-corrected chi connectivity index (χ3v) is 7.61. The van der Waals surface area contributed by atoms with Gasteiger partial charge in [0, 0.05) is 11.8 Å². The molecule has 0 radical (unpaired) electrons. The third kappa shape index (κ3) is 2.49. The lowest BCUT2D eigenvalue weighted by molar-refractivity contribution is -0.124. The highest BCUT2D eigenvalue weighted by atomic mass is 16.3. The van der Waals surface area contributed by atoms with Crippen LogP contribution in [0.25, 0.3) is 0 Å². The van der Waals surface area contributed by atoms with Crippen molar-refractivity contribution in [2.24, 2.45) is 22.2 Å². The van der Waals surface area contributed by atoms with Gasteiger partial charge in [0.2, 0.25) is 0 Å². The Balaban J connectivity index is 2.03. The fourth-order valence-electron chi connectivity index (χ4n) is 5.98. The van der Waals surface area contributed by atoms with Crippen LogP contribution in [0.1, 0.15) is 65.7 Å². The van der Waals surface area contributed by atoms with Crippen molar-refractivity contribution in [1.29, 1.82) is 0 Å². The van der Waals surface area contributed by atoms with Gasteiger partial charge >= 0.3 is 0 Å². The second-order valence-corrected chi connectivity index (χ2v) is 9.29. The average molecular weight is 336 g/mol. The summed E-state index contributed by atoms with van der Waals surface area (Å²) in [5.41, 5.74) is 1.61. The number of rotatable bonds is 3. The first kappa shape index (κ1) is 18.1. The summed E-state index contributed by atoms with van der Waals surface area (Å²) >= 11 is 0. The average Bonchev–Trinajstić information content (AvgIpc) is 2.55. The number of carbonyl (C=O) groups is 1. The molecule has 24 heavy (non-hydrogen) atoms. The number of hydrogen-bond donors (Lipinski definition) is 3. The predicted octanol–water partition coefficient (Wildman–Crippen LogP) is 2.60. The van der Waals surface area contributed by atoms with E-state index in [1.165, 1.54) is 18.4 Å². The van der Waals surface area contributed by atoms with Gasteiger partial charge in [-0.05, 0) is 54.4 Å². The summed E-state index contributed by atoms with van der Waals surface area (Å²) in [6, 6.07) is 0. The molecule has 0 amide bonds. The van der Waals surface area contributed by atoms with Crippen LogP contribution < -0.4 is 0 Å². The van der Waals surface area contributed by atoms with Gasteiger partial charge in [-0.25, -0.2) is 0 Å². The van der Waals surface area contributed by atoms with Crippen molar-refractivity contribution in [1.82, 2.24) is 0 Å². The second-order valence-electron chi connectivity index (χ2n) is 9.29. The molecule has 1 fully saturated rings. The molecule has 0 aromatic heterocycles. The summed E-state index contributed by atoms with van der Waals surface area (Å²) in [4.78, 5) is 12.9. The first-order valence-electron chi connectivity index (χ1n) is 9.36. The maximum absolute atomic E-state index is 12.9. The molecule has 0 spiro atoms. The van der Waals surface area contributed by atoms with Crippen LogP contribution in [0.15, 0.2) is 11.1 Å². The van der Waals surface area contributed by atoms with Crippen LogP contribution in [0.4, 0.5) is 0 Å². The van der Waals surface area contributed by atoms with Crippen LogP contribution in [-0.2, 0) is 4.79 Å². The Morgan fingerprint density at radius 3 is 2.50 bits per heavy atom. The summed E-state index contributed by atoms with van der Waals surface area (Å²) in [7, 11) is 0. The predicted molar refractivity (Wildman–Crippen MR) is 92.3 cm³/mol. The smallest absolute Gasteiger partial charge is 0.159 e. The molecule has 0 aliphatic heterocycles. The molecule has 0 aromatic rings. The Morgan fingerprint density at radius 2 is 1.88 bits per heavy atom. The molecule has 3 rings (SSSR count). The van der Waals surface area contributed by atoms with E-state index >= 15 is 0 Å². The van der Waals surface area contributed by atoms with E-state index in [0.717, 1.165) is 18.4 Å². The molecule has 0 heterocycles. The Morgan fingerprint density at radius 1 is 1.17 bits per heavy atom. The van der Waals surface area contributed by atoms with Crippen LogP contribution in [0.2, 0.25) is 0 Å². The molecule has 4 atom stereocenters. The molecule has 3 aliphatic rings. The maximum Gasteiger partial charge on any atom is 0.159 e. The minimum absolute atomic E-state index is 0.0662. The summed E-state index contributed by atoms with van der Waals surface area (Å²) < 4.78 is 0. The zero-order valence-corrected chi connectivity index (χ0v) is 15.3. The third-order valence-electron chi connectivity index (χ3n) is 7.61. The maximum atomic E-state index is 12.9. The molecular formula is C20H32O4. The number of Topliss-reactive ketones (excluding diaryl/α,β-unsaturated/α-hetero) is 1. The molecule has 4 unspecified atom stereocenters.